The summed E-state index contributed by atoms with van der Waals surface area (Å²) in [5.41, 5.74) is 4.62. The molecule has 1 atom stereocenters. The number of nitrogens with zero attached hydrogens (tertiary/aromatic N) is 1. The lowest BCUT2D eigenvalue weighted by molar-refractivity contribution is 0.411. The number of methoxy groups -OCH3 is 1. The van der Waals surface area contributed by atoms with Gasteiger partial charge in [-0.05, 0) is 45.3 Å². The van der Waals surface area contributed by atoms with E-state index in [9.17, 15) is 0 Å². The highest BCUT2D eigenvalue weighted by atomic mass is 79.9. The van der Waals surface area contributed by atoms with Crippen LogP contribution in [0.1, 0.15) is 17.2 Å². The maximum Gasteiger partial charge on any atom is 0.137 e. The molecule has 2 aromatic rings. The van der Waals surface area contributed by atoms with Crippen molar-refractivity contribution < 1.29 is 4.74 Å². The van der Waals surface area contributed by atoms with Gasteiger partial charge >= 0.3 is 0 Å². The molecule has 4 nitrogen and oxygen atoms in total. The normalized spacial score (nSPS) is 12.2. The molecule has 19 heavy (non-hydrogen) atoms. The van der Waals surface area contributed by atoms with Crippen molar-refractivity contribution in [3.8, 4) is 5.75 Å². The van der Waals surface area contributed by atoms with Gasteiger partial charge in [-0.25, -0.2) is 5.43 Å². The van der Waals surface area contributed by atoms with E-state index in [1.54, 1.807) is 19.5 Å². The first-order valence-corrected chi connectivity index (χ1v) is 6.73. The number of hydrazine groups is 1. The topological polar surface area (TPSA) is 60.2 Å². The molecule has 1 heterocycles. The molecule has 3 N–H and O–H groups in total. The Balaban J connectivity index is 2.40. The van der Waals surface area contributed by atoms with Crippen LogP contribution in [0.15, 0.2) is 41.1 Å². The van der Waals surface area contributed by atoms with E-state index >= 15 is 0 Å². The summed E-state index contributed by atoms with van der Waals surface area (Å²) in [5, 5.41) is 0.633. The van der Waals surface area contributed by atoms with Gasteiger partial charge in [0, 0.05) is 10.7 Å². The summed E-state index contributed by atoms with van der Waals surface area (Å²) in [5.74, 6) is 6.32. The fourth-order valence-corrected chi connectivity index (χ4v) is 2.22. The standard InChI is InChI=1S/C13H13BrClN3O/c1-19-10-4-9(6-17-7-10)13(18-16)8-2-3-11(14)12(15)5-8/h2-7,13,18H,16H2,1H3. The minimum Gasteiger partial charge on any atom is -0.495 e. The second kappa shape index (κ2) is 6.34. The van der Waals surface area contributed by atoms with Crippen LogP contribution < -0.4 is 16.0 Å². The zero-order valence-electron chi connectivity index (χ0n) is 10.2. The van der Waals surface area contributed by atoms with Gasteiger partial charge in [0.2, 0.25) is 0 Å². The van der Waals surface area contributed by atoms with Crippen LogP contribution in [0.2, 0.25) is 5.02 Å². The Bertz CT molecular complexity index is 580. The van der Waals surface area contributed by atoms with E-state index in [-0.39, 0.29) is 6.04 Å². The van der Waals surface area contributed by atoms with Crippen LogP contribution in [-0.2, 0) is 0 Å². The molecule has 0 fully saturated rings. The van der Waals surface area contributed by atoms with Crippen molar-refractivity contribution in [3.63, 3.8) is 0 Å². The molecule has 0 saturated carbocycles. The molecule has 0 aliphatic rings. The minimum absolute atomic E-state index is 0.201. The summed E-state index contributed by atoms with van der Waals surface area (Å²) >= 11 is 9.47. The maximum atomic E-state index is 6.11. The molecule has 1 unspecified atom stereocenters. The number of nitrogens with two attached hydrogens (primary N) is 1. The highest BCUT2D eigenvalue weighted by Gasteiger charge is 2.14. The first-order chi connectivity index (χ1) is 9.15. The predicted octanol–water partition coefficient (Wildman–Crippen LogP) is 3.06. The fraction of sp³-hybridized carbons (Fsp3) is 0.154. The summed E-state index contributed by atoms with van der Waals surface area (Å²) in [6, 6.07) is 7.37. The Kier molecular flexibility index (Phi) is 4.76. The van der Waals surface area contributed by atoms with E-state index in [1.807, 2.05) is 24.3 Å². The molecule has 6 heteroatoms. The van der Waals surface area contributed by atoms with Crippen LogP contribution in [0.25, 0.3) is 0 Å². The fourth-order valence-electron chi connectivity index (χ4n) is 1.78. The highest BCUT2D eigenvalue weighted by Crippen LogP contribution is 2.29. The van der Waals surface area contributed by atoms with Crippen LogP contribution in [0.4, 0.5) is 0 Å². The zero-order valence-corrected chi connectivity index (χ0v) is 12.6. The van der Waals surface area contributed by atoms with E-state index in [1.165, 1.54) is 0 Å². The Morgan fingerprint density at radius 2 is 2.11 bits per heavy atom. The molecule has 0 saturated heterocycles. The van der Waals surface area contributed by atoms with Crippen LogP contribution in [0.3, 0.4) is 0 Å². The number of pyridine rings is 1. The first-order valence-electron chi connectivity index (χ1n) is 5.55. The summed E-state index contributed by atoms with van der Waals surface area (Å²) in [4.78, 5) is 4.13. The van der Waals surface area contributed by atoms with Gasteiger partial charge in [-0.2, -0.15) is 0 Å². The molecule has 0 aliphatic heterocycles. The summed E-state index contributed by atoms with van der Waals surface area (Å²) in [6.45, 7) is 0. The van der Waals surface area contributed by atoms with Gasteiger partial charge in [-0.15, -0.1) is 0 Å². The van der Waals surface area contributed by atoms with E-state index in [0.717, 1.165) is 15.6 Å². The van der Waals surface area contributed by atoms with Crippen LogP contribution in [0.5, 0.6) is 5.75 Å². The number of halogens is 2. The van der Waals surface area contributed by atoms with Gasteiger partial charge in [-0.1, -0.05) is 17.7 Å². The summed E-state index contributed by atoms with van der Waals surface area (Å²) in [7, 11) is 1.60. The predicted molar refractivity (Wildman–Crippen MR) is 79.1 cm³/mol. The summed E-state index contributed by atoms with van der Waals surface area (Å²) < 4.78 is 6.01. The second-order valence-electron chi connectivity index (χ2n) is 3.93. The lowest BCUT2D eigenvalue weighted by Crippen LogP contribution is -2.28. The monoisotopic (exact) mass is 341 g/mol. The Labute approximate surface area is 125 Å². The van der Waals surface area contributed by atoms with Gasteiger partial charge in [0.25, 0.3) is 0 Å². The number of hydrogen-bond acceptors (Lipinski definition) is 4. The molecule has 1 aromatic heterocycles. The number of benzene rings is 1. The number of nitrogens with one attached hydrogen (secondary N) is 1. The number of aromatic nitrogens is 1. The van der Waals surface area contributed by atoms with Crippen molar-refractivity contribution in [2.75, 3.05) is 7.11 Å². The Hall–Kier alpha value is -1.14. The van der Waals surface area contributed by atoms with E-state index in [2.05, 4.69) is 26.3 Å². The molecule has 0 bridgehead atoms. The number of hydrogen-bond donors (Lipinski definition) is 2. The van der Waals surface area contributed by atoms with Gasteiger partial charge in [0.15, 0.2) is 0 Å². The minimum atomic E-state index is -0.201. The average molecular weight is 343 g/mol. The van der Waals surface area contributed by atoms with E-state index < -0.39 is 0 Å². The number of rotatable bonds is 4. The third-order valence-corrected chi connectivity index (χ3v) is 3.98. The molecule has 0 aliphatic carbocycles. The third kappa shape index (κ3) is 3.25. The Morgan fingerprint density at radius 1 is 1.32 bits per heavy atom. The average Bonchev–Trinajstić information content (AvgIpc) is 2.44. The van der Waals surface area contributed by atoms with Crippen molar-refractivity contribution in [2.45, 2.75) is 6.04 Å². The third-order valence-electron chi connectivity index (χ3n) is 2.75. The van der Waals surface area contributed by atoms with Crippen molar-refractivity contribution >= 4 is 27.5 Å². The summed E-state index contributed by atoms with van der Waals surface area (Å²) in [6.07, 6.45) is 3.38. The van der Waals surface area contributed by atoms with Crippen LogP contribution in [0, 0.1) is 0 Å². The maximum absolute atomic E-state index is 6.11. The number of ether oxygens (including phenoxy) is 1. The largest absolute Gasteiger partial charge is 0.495 e. The lowest BCUT2D eigenvalue weighted by Gasteiger charge is -2.17. The van der Waals surface area contributed by atoms with Gasteiger partial charge in [0.1, 0.15) is 5.75 Å². The smallest absolute Gasteiger partial charge is 0.137 e. The van der Waals surface area contributed by atoms with Crippen molar-refractivity contribution in [2.24, 2.45) is 5.84 Å². The highest BCUT2D eigenvalue weighted by molar-refractivity contribution is 9.10. The van der Waals surface area contributed by atoms with Crippen molar-refractivity contribution in [3.05, 3.63) is 57.3 Å². The molecule has 2 rings (SSSR count). The molecule has 0 spiro atoms. The van der Waals surface area contributed by atoms with Gasteiger partial charge < -0.3 is 4.74 Å². The van der Waals surface area contributed by atoms with E-state index in [4.69, 9.17) is 22.2 Å². The molecule has 1 aromatic carbocycles. The van der Waals surface area contributed by atoms with E-state index in [0.29, 0.717) is 10.8 Å². The second-order valence-corrected chi connectivity index (χ2v) is 5.19. The van der Waals surface area contributed by atoms with Crippen LogP contribution >= 0.6 is 27.5 Å². The van der Waals surface area contributed by atoms with Gasteiger partial charge in [-0.3, -0.25) is 10.8 Å². The first kappa shape index (κ1) is 14.3. The van der Waals surface area contributed by atoms with Crippen LogP contribution in [-0.4, -0.2) is 12.1 Å². The van der Waals surface area contributed by atoms with Gasteiger partial charge in [0.05, 0.1) is 24.4 Å². The Morgan fingerprint density at radius 3 is 2.74 bits per heavy atom. The zero-order chi connectivity index (χ0) is 13.8. The molecular weight excluding hydrogens is 330 g/mol. The lowest BCUT2D eigenvalue weighted by atomic mass is 10.0. The van der Waals surface area contributed by atoms with Crippen molar-refractivity contribution in [1.29, 1.82) is 0 Å². The molecule has 0 amide bonds. The quantitative estimate of drug-likeness (QED) is 0.662. The van der Waals surface area contributed by atoms with Crippen molar-refractivity contribution in [1.82, 2.24) is 10.4 Å². The molecule has 0 radical (unpaired) electrons. The molecule has 100 valence electrons. The molecular formula is C13H13BrClN3O. The SMILES string of the molecule is COc1cncc(C(NN)c2ccc(Br)c(Cl)c2)c1.